The number of nitrogens with two attached hydrogens (primary N) is 1. The number of benzene rings is 1. The molecule has 3 rings (SSSR count). The molecule has 0 bridgehead atoms. The highest BCUT2D eigenvalue weighted by molar-refractivity contribution is 5.65. The number of allylic oxidation sites excluding steroid dienone is 1. The minimum absolute atomic E-state index is 0.317. The lowest BCUT2D eigenvalue weighted by Crippen LogP contribution is -2.01. The number of pyridine rings is 1. The monoisotopic (exact) mass is 300 g/mol. The Bertz CT molecular complexity index is 701. The third-order valence-corrected chi connectivity index (χ3v) is 3.36. The van der Waals surface area contributed by atoms with Crippen molar-refractivity contribution in [3.63, 3.8) is 0 Å². The summed E-state index contributed by atoms with van der Waals surface area (Å²) >= 11 is 0. The summed E-state index contributed by atoms with van der Waals surface area (Å²) < 4.78 is 23.8. The lowest BCUT2D eigenvalue weighted by Gasteiger charge is -2.14. The number of hydrogen-bond donors (Lipinski definition) is 1. The smallest absolute Gasteiger partial charge is 0.169 e. The first-order chi connectivity index (χ1) is 10.8. The fraction of sp³-hybridized carbons (Fsp3) is 0.235. The van der Waals surface area contributed by atoms with Crippen molar-refractivity contribution in [1.82, 2.24) is 4.98 Å². The SMILES string of the molecule is Nc1cc(Oc2cc3c(cc2OCCCF)CC=C3)ccn1. The van der Waals surface area contributed by atoms with E-state index >= 15 is 0 Å². The molecule has 0 spiro atoms. The van der Waals surface area contributed by atoms with Crippen molar-refractivity contribution in [1.29, 1.82) is 0 Å². The van der Waals surface area contributed by atoms with Crippen LogP contribution >= 0.6 is 0 Å². The van der Waals surface area contributed by atoms with E-state index in [9.17, 15) is 4.39 Å². The number of anilines is 1. The van der Waals surface area contributed by atoms with Crippen LogP contribution in [0.15, 0.2) is 36.5 Å². The van der Waals surface area contributed by atoms with Crippen molar-refractivity contribution in [2.24, 2.45) is 0 Å². The number of nitrogen functional groups attached to an aromatic ring is 1. The van der Waals surface area contributed by atoms with E-state index in [0.29, 0.717) is 36.1 Å². The number of halogens is 1. The van der Waals surface area contributed by atoms with Gasteiger partial charge >= 0.3 is 0 Å². The van der Waals surface area contributed by atoms with Crippen LogP contribution in [-0.4, -0.2) is 18.3 Å². The van der Waals surface area contributed by atoms with Crippen LogP contribution in [0.4, 0.5) is 10.2 Å². The van der Waals surface area contributed by atoms with Crippen LogP contribution in [0.3, 0.4) is 0 Å². The second-order valence-electron chi connectivity index (χ2n) is 5.01. The second kappa shape index (κ2) is 6.47. The first-order valence-corrected chi connectivity index (χ1v) is 7.18. The van der Waals surface area contributed by atoms with Crippen LogP contribution in [0.25, 0.3) is 6.08 Å². The Morgan fingerprint density at radius 2 is 2.14 bits per heavy atom. The minimum Gasteiger partial charge on any atom is -0.490 e. The van der Waals surface area contributed by atoms with Gasteiger partial charge in [-0.1, -0.05) is 12.2 Å². The molecule has 1 heterocycles. The molecule has 1 aliphatic carbocycles. The summed E-state index contributed by atoms with van der Waals surface area (Å²) in [4.78, 5) is 3.94. The number of alkyl halides is 1. The maximum absolute atomic E-state index is 12.3. The summed E-state index contributed by atoms with van der Waals surface area (Å²) in [5.74, 6) is 2.18. The zero-order chi connectivity index (χ0) is 15.4. The van der Waals surface area contributed by atoms with Crippen molar-refractivity contribution in [3.05, 3.63) is 47.7 Å². The van der Waals surface area contributed by atoms with Crippen molar-refractivity contribution >= 4 is 11.9 Å². The fourth-order valence-corrected chi connectivity index (χ4v) is 2.31. The molecule has 114 valence electrons. The Morgan fingerprint density at radius 3 is 2.95 bits per heavy atom. The lowest BCUT2D eigenvalue weighted by molar-refractivity contribution is 0.278. The predicted molar refractivity (Wildman–Crippen MR) is 84.0 cm³/mol. The zero-order valence-corrected chi connectivity index (χ0v) is 12.1. The van der Waals surface area contributed by atoms with Gasteiger partial charge in [-0.3, -0.25) is 4.39 Å². The van der Waals surface area contributed by atoms with Gasteiger partial charge < -0.3 is 15.2 Å². The van der Waals surface area contributed by atoms with E-state index in [4.69, 9.17) is 15.2 Å². The van der Waals surface area contributed by atoms with Crippen LogP contribution in [0, 0.1) is 0 Å². The standard InChI is InChI=1S/C17H17FN2O2/c18-6-2-8-21-15-9-12-3-1-4-13(12)10-16(15)22-14-5-7-20-17(19)11-14/h1,4-5,7,9-11H,2-3,6,8H2,(H2,19,20). The topological polar surface area (TPSA) is 57.4 Å². The molecule has 0 saturated carbocycles. The van der Waals surface area contributed by atoms with E-state index in [1.807, 2.05) is 12.1 Å². The molecule has 0 aliphatic heterocycles. The normalized spacial score (nSPS) is 12.2. The average molecular weight is 300 g/mol. The summed E-state index contributed by atoms with van der Waals surface area (Å²) in [6.45, 7) is -0.0822. The first kappa shape index (κ1) is 14.4. The maximum atomic E-state index is 12.3. The molecule has 0 unspecified atom stereocenters. The van der Waals surface area contributed by atoms with Gasteiger partial charge in [0.05, 0.1) is 13.3 Å². The molecule has 0 radical (unpaired) electrons. The van der Waals surface area contributed by atoms with Crippen LogP contribution in [0.2, 0.25) is 0 Å². The number of hydrogen-bond acceptors (Lipinski definition) is 4. The molecule has 2 aromatic rings. The largest absolute Gasteiger partial charge is 0.490 e. The Labute approximate surface area is 128 Å². The number of aromatic nitrogens is 1. The summed E-state index contributed by atoms with van der Waals surface area (Å²) in [5.41, 5.74) is 7.95. The van der Waals surface area contributed by atoms with Gasteiger partial charge in [-0.2, -0.15) is 0 Å². The van der Waals surface area contributed by atoms with Crippen molar-refractivity contribution in [2.75, 3.05) is 19.0 Å². The Balaban J connectivity index is 1.88. The van der Waals surface area contributed by atoms with E-state index in [-0.39, 0.29) is 0 Å². The van der Waals surface area contributed by atoms with Crippen LogP contribution in [0.1, 0.15) is 17.5 Å². The molecular weight excluding hydrogens is 283 g/mol. The van der Waals surface area contributed by atoms with Gasteiger partial charge in [-0.15, -0.1) is 0 Å². The molecule has 0 fully saturated rings. The van der Waals surface area contributed by atoms with Crippen molar-refractivity contribution in [3.8, 4) is 17.2 Å². The lowest BCUT2D eigenvalue weighted by atomic mass is 10.1. The molecule has 1 aromatic carbocycles. The van der Waals surface area contributed by atoms with Crippen molar-refractivity contribution < 1.29 is 13.9 Å². The Kier molecular flexibility index (Phi) is 4.23. The number of nitrogens with zero attached hydrogens (tertiary/aromatic N) is 1. The van der Waals surface area contributed by atoms with Gasteiger partial charge in [-0.05, 0) is 35.7 Å². The second-order valence-corrected chi connectivity index (χ2v) is 5.01. The highest BCUT2D eigenvalue weighted by Gasteiger charge is 2.14. The van der Waals surface area contributed by atoms with Gasteiger partial charge in [0, 0.05) is 18.7 Å². The molecule has 4 nitrogen and oxygen atoms in total. The van der Waals surface area contributed by atoms with Crippen LogP contribution in [0.5, 0.6) is 17.2 Å². The summed E-state index contributed by atoms with van der Waals surface area (Å²) in [5, 5.41) is 0. The Hall–Kier alpha value is -2.56. The highest BCUT2D eigenvalue weighted by Crippen LogP contribution is 2.37. The highest BCUT2D eigenvalue weighted by atomic mass is 19.1. The third kappa shape index (κ3) is 3.19. The van der Waals surface area contributed by atoms with Gasteiger partial charge in [0.25, 0.3) is 0 Å². The number of ether oxygens (including phenoxy) is 2. The average Bonchev–Trinajstić information content (AvgIpc) is 2.95. The summed E-state index contributed by atoms with van der Waals surface area (Å²) in [7, 11) is 0. The molecule has 0 atom stereocenters. The van der Waals surface area contributed by atoms with Gasteiger partial charge in [0.1, 0.15) is 11.6 Å². The third-order valence-electron chi connectivity index (χ3n) is 3.36. The molecule has 0 saturated heterocycles. The zero-order valence-electron chi connectivity index (χ0n) is 12.1. The van der Waals surface area contributed by atoms with Gasteiger partial charge in [-0.25, -0.2) is 4.98 Å². The predicted octanol–water partition coefficient (Wildman–Crippen LogP) is 3.76. The van der Waals surface area contributed by atoms with E-state index in [2.05, 4.69) is 17.1 Å². The van der Waals surface area contributed by atoms with Crippen molar-refractivity contribution in [2.45, 2.75) is 12.8 Å². The van der Waals surface area contributed by atoms with E-state index in [1.165, 1.54) is 5.56 Å². The van der Waals surface area contributed by atoms with E-state index in [0.717, 1.165) is 12.0 Å². The molecule has 22 heavy (non-hydrogen) atoms. The van der Waals surface area contributed by atoms with Gasteiger partial charge in [0.15, 0.2) is 11.5 Å². The molecule has 0 amide bonds. The summed E-state index contributed by atoms with van der Waals surface area (Å²) in [6.07, 6.45) is 6.95. The number of rotatable bonds is 6. The molecule has 1 aromatic heterocycles. The minimum atomic E-state index is -0.399. The van der Waals surface area contributed by atoms with E-state index < -0.39 is 6.67 Å². The molecule has 1 aliphatic rings. The maximum Gasteiger partial charge on any atom is 0.169 e. The Morgan fingerprint density at radius 1 is 1.23 bits per heavy atom. The molecular formula is C17H17FN2O2. The van der Waals surface area contributed by atoms with Crippen LogP contribution < -0.4 is 15.2 Å². The summed E-state index contributed by atoms with van der Waals surface area (Å²) in [6, 6.07) is 7.26. The molecule has 5 heteroatoms. The molecule has 2 N–H and O–H groups in total. The number of fused-ring (bicyclic) bond motifs is 1. The van der Waals surface area contributed by atoms with E-state index in [1.54, 1.807) is 18.3 Å². The quantitative estimate of drug-likeness (QED) is 0.825. The first-order valence-electron chi connectivity index (χ1n) is 7.18. The van der Waals surface area contributed by atoms with Gasteiger partial charge in [0.2, 0.25) is 0 Å². The fourth-order valence-electron chi connectivity index (χ4n) is 2.31. The van der Waals surface area contributed by atoms with Crippen LogP contribution in [-0.2, 0) is 6.42 Å².